The third-order valence-electron chi connectivity index (χ3n) is 3.06. The summed E-state index contributed by atoms with van der Waals surface area (Å²) in [5, 5.41) is 10.8. The Hall–Kier alpha value is -1.81. The third-order valence-corrected chi connectivity index (χ3v) is 3.06. The van der Waals surface area contributed by atoms with E-state index in [9.17, 15) is 9.90 Å². The fourth-order valence-electron chi connectivity index (χ4n) is 2.07. The van der Waals surface area contributed by atoms with Gasteiger partial charge in [-0.1, -0.05) is 0 Å². The van der Waals surface area contributed by atoms with Crippen molar-refractivity contribution in [1.82, 2.24) is 0 Å². The number of benzene rings is 1. The summed E-state index contributed by atoms with van der Waals surface area (Å²) in [4.78, 5) is 11.4. The van der Waals surface area contributed by atoms with Gasteiger partial charge in [0.05, 0.1) is 5.60 Å². The van der Waals surface area contributed by atoms with Crippen LogP contribution in [0.1, 0.15) is 20.8 Å². The molecule has 1 aromatic heterocycles. The smallest absolute Gasteiger partial charge is 0.336 e. The highest BCUT2D eigenvalue weighted by atomic mass is 16.5. The van der Waals surface area contributed by atoms with Gasteiger partial charge < -0.3 is 14.3 Å². The van der Waals surface area contributed by atoms with Crippen molar-refractivity contribution in [3.05, 3.63) is 40.2 Å². The molecule has 0 amide bonds. The molecule has 1 aromatic carbocycles. The first-order chi connectivity index (χ1) is 8.88. The molecule has 2 unspecified atom stereocenters. The molecular weight excluding hydrogens is 232 g/mol. The lowest BCUT2D eigenvalue weighted by atomic mass is 9.96. The number of fused-ring (bicyclic) bond motifs is 3. The lowest BCUT2D eigenvalue weighted by Gasteiger charge is -2.24. The maximum Gasteiger partial charge on any atom is 0.336 e. The van der Waals surface area contributed by atoms with E-state index in [1.807, 2.05) is 0 Å². The van der Waals surface area contributed by atoms with Gasteiger partial charge in [0.1, 0.15) is 17.4 Å². The minimum absolute atomic E-state index is 0.372. The summed E-state index contributed by atoms with van der Waals surface area (Å²) in [6, 6.07) is 6.52. The maximum atomic E-state index is 11.4. The van der Waals surface area contributed by atoms with Crippen molar-refractivity contribution in [1.29, 1.82) is 0 Å². The molecule has 18 heavy (non-hydrogen) atoms. The summed E-state index contributed by atoms with van der Waals surface area (Å²) in [5.74, 6) is 0.494. The summed E-state index contributed by atoms with van der Waals surface area (Å²) in [5.41, 5.74) is -0.703. The summed E-state index contributed by atoms with van der Waals surface area (Å²) in [6.07, 6.45) is -1.47. The molecule has 4 nitrogen and oxygen atoms in total. The zero-order chi connectivity index (χ0) is 13.8. The van der Waals surface area contributed by atoms with Gasteiger partial charge in [-0.05, 0) is 32.0 Å². The van der Waals surface area contributed by atoms with Gasteiger partial charge in [0, 0.05) is 24.8 Å². The lowest BCUT2D eigenvalue weighted by Crippen LogP contribution is -2.39. The van der Waals surface area contributed by atoms with Crippen LogP contribution in [0, 0.1) is 0 Å². The van der Waals surface area contributed by atoms with Crippen molar-refractivity contribution in [3.63, 3.8) is 0 Å². The topological polar surface area (TPSA) is 59.7 Å². The predicted molar refractivity (Wildman–Crippen MR) is 66.9 cm³/mol. The summed E-state index contributed by atoms with van der Waals surface area (Å²) >= 11 is 0. The molecule has 0 aliphatic carbocycles. The van der Waals surface area contributed by atoms with Gasteiger partial charge >= 0.3 is 5.63 Å². The van der Waals surface area contributed by atoms with Crippen LogP contribution in [-0.2, 0) is 6.40 Å². The van der Waals surface area contributed by atoms with E-state index < -0.39 is 23.7 Å². The van der Waals surface area contributed by atoms with Crippen LogP contribution in [-0.4, -0.2) is 16.8 Å². The minimum Gasteiger partial charge on any atom is -0.487 e. The molecule has 3 rings (SSSR count). The van der Waals surface area contributed by atoms with Crippen molar-refractivity contribution in [2.45, 2.75) is 31.9 Å². The van der Waals surface area contributed by atoms with Crippen molar-refractivity contribution in [2.75, 3.05) is 0 Å². The second kappa shape index (κ2) is 3.59. The molecule has 0 radical (unpaired) electrons. The first kappa shape index (κ1) is 10.1. The molecule has 0 bridgehead atoms. The maximum absolute atomic E-state index is 11.4. The zero-order valence-corrected chi connectivity index (χ0v) is 10.1. The number of aliphatic hydroxyl groups is 1. The highest BCUT2D eigenvalue weighted by molar-refractivity contribution is 5.82. The summed E-state index contributed by atoms with van der Waals surface area (Å²) in [7, 11) is 0. The molecule has 1 aliphatic rings. The van der Waals surface area contributed by atoms with E-state index in [1.54, 1.807) is 32.0 Å². The largest absolute Gasteiger partial charge is 0.487 e. The molecule has 2 aromatic rings. The number of ether oxygens (including phenoxy) is 1. The minimum atomic E-state index is -1.15. The first-order valence-corrected chi connectivity index (χ1v) is 5.76. The molecule has 0 spiro atoms. The van der Waals surface area contributed by atoms with Crippen LogP contribution in [0.4, 0.5) is 0 Å². The second-order valence-corrected chi connectivity index (χ2v) is 5.01. The number of rotatable bonds is 1. The molecular formula is C14H14O4. The number of hydrogen-bond acceptors (Lipinski definition) is 4. The van der Waals surface area contributed by atoms with Crippen molar-refractivity contribution >= 4 is 11.0 Å². The summed E-state index contributed by atoms with van der Waals surface area (Å²) in [6.45, 7) is 3.20. The molecule has 2 atom stereocenters. The van der Waals surface area contributed by atoms with Gasteiger partial charge in [0.2, 0.25) is 0 Å². The van der Waals surface area contributed by atoms with Crippen LogP contribution in [0.5, 0.6) is 5.75 Å². The Kier molecular flexibility index (Phi) is 2.02. The van der Waals surface area contributed by atoms with Gasteiger partial charge in [-0.2, -0.15) is 0 Å². The van der Waals surface area contributed by atoms with E-state index >= 15 is 0 Å². The zero-order valence-electron chi connectivity index (χ0n) is 11.1. The van der Waals surface area contributed by atoms with E-state index in [0.29, 0.717) is 16.9 Å². The SMILES string of the molecule is [2H]C1c2c(ccc3ccc(=O)oc23)OC1C(C)(C)O. The Morgan fingerprint density at radius 2 is 2.11 bits per heavy atom. The first-order valence-electron chi connectivity index (χ1n) is 6.34. The van der Waals surface area contributed by atoms with E-state index in [2.05, 4.69) is 0 Å². The monoisotopic (exact) mass is 247 g/mol. The van der Waals surface area contributed by atoms with Crippen LogP contribution < -0.4 is 10.4 Å². The predicted octanol–water partition coefficient (Wildman–Crippen LogP) is 1.87. The van der Waals surface area contributed by atoms with Crippen LogP contribution in [0.25, 0.3) is 11.0 Å². The Bertz CT molecular complexity index is 699. The molecule has 4 heteroatoms. The van der Waals surface area contributed by atoms with E-state index in [4.69, 9.17) is 10.5 Å². The molecule has 0 saturated carbocycles. The molecule has 2 heterocycles. The standard InChI is InChI=1S/C14H14O4/c1-14(2,16)11-7-9-10(17-11)5-3-8-4-6-12(15)18-13(8)9/h3-6,11,16H,7H2,1-2H3/i7D. The van der Waals surface area contributed by atoms with Crippen LogP contribution in [0.15, 0.2) is 33.5 Å². The Morgan fingerprint density at radius 3 is 2.83 bits per heavy atom. The van der Waals surface area contributed by atoms with E-state index in [0.717, 1.165) is 5.39 Å². The summed E-state index contributed by atoms with van der Waals surface area (Å²) < 4.78 is 19.1. The highest BCUT2D eigenvalue weighted by Crippen LogP contribution is 2.37. The Balaban J connectivity index is 2.24. The normalized spacial score (nSPS) is 23.6. The van der Waals surface area contributed by atoms with Crippen LogP contribution >= 0.6 is 0 Å². The highest BCUT2D eigenvalue weighted by Gasteiger charge is 2.36. The molecule has 0 saturated heterocycles. The third kappa shape index (κ3) is 1.69. The number of hydrogen-bond donors (Lipinski definition) is 1. The van der Waals surface area contributed by atoms with Crippen LogP contribution in [0.3, 0.4) is 0 Å². The van der Waals surface area contributed by atoms with Crippen LogP contribution in [0.2, 0.25) is 0 Å². The fraction of sp³-hybridized carbons (Fsp3) is 0.357. The fourth-order valence-corrected chi connectivity index (χ4v) is 2.07. The lowest BCUT2D eigenvalue weighted by molar-refractivity contribution is -0.0229. The Labute approximate surface area is 105 Å². The Morgan fingerprint density at radius 1 is 1.39 bits per heavy atom. The van der Waals surface area contributed by atoms with Gasteiger partial charge in [0.25, 0.3) is 0 Å². The molecule has 0 fully saturated rings. The van der Waals surface area contributed by atoms with Crippen molar-refractivity contribution < 1.29 is 15.6 Å². The average Bonchev–Trinajstić information content (AvgIpc) is 2.67. The van der Waals surface area contributed by atoms with E-state index in [-0.39, 0.29) is 0 Å². The van der Waals surface area contributed by atoms with Gasteiger partial charge in [-0.25, -0.2) is 4.79 Å². The van der Waals surface area contributed by atoms with Crippen molar-refractivity contribution in [3.8, 4) is 5.75 Å². The second-order valence-electron chi connectivity index (χ2n) is 5.01. The quantitative estimate of drug-likeness (QED) is 0.781. The molecule has 1 aliphatic heterocycles. The van der Waals surface area contributed by atoms with Gasteiger partial charge in [-0.3, -0.25) is 0 Å². The molecule has 94 valence electrons. The average molecular weight is 247 g/mol. The molecule has 1 N–H and O–H groups in total. The van der Waals surface area contributed by atoms with Gasteiger partial charge in [-0.15, -0.1) is 0 Å². The van der Waals surface area contributed by atoms with E-state index in [1.165, 1.54) is 6.07 Å². The van der Waals surface area contributed by atoms with Gasteiger partial charge in [0.15, 0.2) is 0 Å². The van der Waals surface area contributed by atoms with Crippen molar-refractivity contribution in [2.24, 2.45) is 0 Å².